The highest BCUT2D eigenvalue weighted by Gasteiger charge is 2.47. The van der Waals surface area contributed by atoms with E-state index in [1.54, 1.807) is 25.2 Å². The van der Waals surface area contributed by atoms with Crippen LogP contribution in [-0.4, -0.2) is 28.5 Å². The van der Waals surface area contributed by atoms with E-state index in [1.165, 1.54) is 5.56 Å². The summed E-state index contributed by atoms with van der Waals surface area (Å²) in [7, 11) is 3.68. The Morgan fingerprint density at radius 1 is 1.28 bits per heavy atom. The van der Waals surface area contributed by atoms with Crippen LogP contribution in [0.1, 0.15) is 31.0 Å². The van der Waals surface area contributed by atoms with Crippen LogP contribution in [0.25, 0.3) is 0 Å². The smallest absolute Gasteiger partial charge is 0.195 e. The minimum Gasteiger partial charge on any atom is -0.496 e. The molecular weight excluding hydrogens is 384 g/mol. The van der Waals surface area contributed by atoms with E-state index in [0.717, 1.165) is 32.8 Å². The first-order chi connectivity index (χ1) is 14.0. The van der Waals surface area contributed by atoms with Crippen molar-refractivity contribution in [3.05, 3.63) is 53.9 Å². The van der Waals surface area contributed by atoms with E-state index in [4.69, 9.17) is 9.47 Å². The van der Waals surface area contributed by atoms with Crippen LogP contribution >= 0.6 is 11.8 Å². The first kappa shape index (κ1) is 18.4. The average molecular weight is 409 g/mol. The van der Waals surface area contributed by atoms with Crippen LogP contribution < -0.4 is 14.8 Å². The molecule has 0 unspecified atom stereocenters. The maximum atomic E-state index is 6.17. The van der Waals surface area contributed by atoms with Gasteiger partial charge in [-0.05, 0) is 47.7 Å². The van der Waals surface area contributed by atoms with Crippen LogP contribution in [-0.2, 0) is 12.5 Å². The summed E-state index contributed by atoms with van der Waals surface area (Å²) in [6, 6.07) is 12.8. The normalized spacial score (nSPS) is 21.2. The fourth-order valence-corrected chi connectivity index (χ4v) is 5.30. The Morgan fingerprint density at radius 2 is 2.14 bits per heavy atom. The lowest BCUT2D eigenvalue weighted by molar-refractivity contribution is 0.133. The van der Waals surface area contributed by atoms with Crippen LogP contribution in [0.2, 0.25) is 0 Å². The number of benzene rings is 2. The number of aryl methyl sites for hydroxylation is 1. The van der Waals surface area contributed by atoms with Gasteiger partial charge >= 0.3 is 0 Å². The molecule has 29 heavy (non-hydrogen) atoms. The minimum atomic E-state index is -0.0692. The minimum absolute atomic E-state index is 0.0692. The van der Waals surface area contributed by atoms with Crippen LogP contribution in [0.3, 0.4) is 0 Å². The highest BCUT2D eigenvalue weighted by Crippen LogP contribution is 2.54. The molecule has 2 aliphatic rings. The van der Waals surface area contributed by atoms with Crippen molar-refractivity contribution in [2.24, 2.45) is 13.0 Å². The Labute approximate surface area is 174 Å². The third-order valence-electron chi connectivity index (χ3n) is 6.18. The molecule has 150 valence electrons. The second kappa shape index (κ2) is 6.69. The zero-order chi connectivity index (χ0) is 20.2. The fourth-order valence-electron chi connectivity index (χ4n) is 4.49. The van der Waals surface area contributed by atoms with E-state index >= 15 is 0 Å². The molecule has 0 amide bonds. The predicted molar refractivity (Wildman–Crippen MR) is 113 cm³/mol. The molecule has 0 spiro atoms. The number of nitrogens with zero attached hydrogens (tertiary/aromatic N) is 3. The molecule has 2 atom stereocenters. The molecule has 3 heterocycles. The molecule has 1 N–H and O–H groups in total. The van der Waals surface area contributed by atoms with E-state index < -0.39 is 0 Å². The molecule has 0 aliphatic carbocycles. The van der Waals surface area contributed by atoms with Crippen molar-refractivity contribution in [3.8, 4) is 11.5 Å². The summed E-state index contributed by atoms with van der Waals surface area (Å²) in [4.78, 5) is 1.16. The molecular formula is C22H24N4O2S. The van der Waals surface area contributed by atoms with Gasteiger partial charge in [0.25, 0.3) is 0 Å². The molecule has 0 fully saturated rings. The summed E-state index contributed by atoms with van der Waals surface area (Å²) in [5.41, 5.74) is 3.51. The number of methoxy groups -OCH3 is 1. The van der Waals surface area contributed by atoms with Gasteiger partial charge in [-0.25, -0.2) is 0 Å². The summed E-state index contributed by atoms with van der Waals surface area (Å²) >= 11 is 1.63. The number of hydrogen-bond acceptors (Lipinski definition) is 6. The van der Waals surface area contributed by atoms with Crippen LogP contribution in [0.15, 0.2) is 52.8 Å². The van der Waals surface area contributed by atoms with Gasteiger partial charge in [0.05, 0.1) is 25.3 Å². The van der Waals surface area contributed by atoms with E-state index in [1.807, 2.05) is 29.8 Å². The molecule has 2 aliphatic heterocycles. The lowest BCUT2D eigenvalue weighted by Crippen LogP contribution is -2.46. The molecule has 3 aromatic rings. The maximum Gasteiger partial charge on any atom is 0.195 e. The summed E-state index contributed by atoms with van der Waals surface area (Å²) in [5, 5.41) is 12.8. The van der Waals surface area contributed by atoms with Gasteiger partial charge in [0.15, 0.2) is 5.16 Å². The van der Waals surface area contributed by atoms with Crippen molar-refractivity contribution < 1.29 is 9.47 Å². The Bertz CT molecular complexity index is 1060. The van der Waals surface area contributed by atoms with Crippen molar-refractivity contribution in [2.45, 2.75) is 35.4 Å². The highest BCUT2D eigenvalue weighted by atomic mass is 32.2. The third-order valence-corrected chi connectivity index (χ3v) is 7.22. The fraction of sp³-hybridized carbons (Fsp3) is 0.364. The van der Waals surface area contributed by atoms with Crippen LogP contribution in [0, 0.1) is 5.92 Å². The van der Waals surface area contributed by atoms with Gasteiger partial charge in [0.1, 0.15) is 17.8 Å². The Morgan fingerprint density at radius 3 is 2.90 bits per heavy atom. The van der Waals surface area contributed by atoms with Crippen molar-refractivity contribution in [3.63, 3.8) is 0 Å². The van der Waals surface area contributed by atoms with E-state index in [9.17, 15) is 0 Å². The quantitative estimate of drug-likeness (QED) is 0.692. The standard InChI is InChI=1S/C22H24N4O2S/c1-22(2)14-10-13(29-21-25-23-12-26(21)3)8-9-16(14)24-20-15(22)11-28-18-7-5-6-17(27-4)19(18)20/h5-10,12,15,20,24H,11H2,1-4H3/t15-,20-/m0/s1. The van der Waals surface area contributed by atoms with Crippen molar-refractivity contribution >= 4 is 17.4 Å². The Kier molecular flexibility index (Phi) is 4.24. The first-order valence-corrected chi connectivity index (χ1v) is 10.5. The number of hydrogen-bond donors (Lipinski definition) is 1. The summed E-state index contributed by atoms with van der Waals surface area (Å²) in [6.45, 7) is 5.29. The van der Waals surface area contributed by atoms with Gasteiger partial charge < -0.3 is 19.4 Å². The van der Waals surface area contributed by atoms with Gasteiger partial charge in [-0.15, -0.1) is 10.2 Å². The van der Waals surface area contributed by atoms with Crippen molar-refractivity contribution in [2.75, 3.05) is 19.0 Å². The Hall–Kier alpha value is -2.67. The van der Waals surface area contributed by atoms with Gasteiger partial charge in [-0.3, -0.25) is 0 Å². The van der Waals surface area contributed by atoms with Crippen LogP contribution in [0.4, 0.5) is 5.69 Å². The zero-order valence-corrected chi connectivity index (χ0v) is 17.8. The van der Waals surface area contributed by atoms with Crippen molar-refractivity contribution in [1.82, 2.24) is 14.8 Å². The molecule has 0 bridgehead atoms. The third kappa shape index (κ3) is 2.87. The number of aromatic nitrogens is 3. The summed E-state index contributed by atoms with van der Waals surface area (Å²) in [5.74, 6) is 2.07. The van der Waals surface area contributed by atoms with Gasteiger partial charge in [0.2, 0.25) is 0 Å². The molecule has 7 heteroatoms. The zero-order valence-electron chi connectivity index (χ0n) is 17.0. The lowest BCUT2D eigenvalue weighted by atomic mass is 9.65. The van der Waals surface area contributed by atoms with Crippen LogP contribution in [0.5, 0.6) is 11.5 Å². The number of fused-ring (bicyclic) bond motifs is 4. The highest BCUT2D eigenvalue weighted by molar-refractivity contribution is 7.99. The average Bonchev–Trinajstić information content (AvgIpc) is 3.12. The molecule has 0 saturated carbocycles. The second-order valence-electron chi connectivity index (χ2n) is 8.17. The largest absolute Gasteiger partial charge is 0.496 e. The summed E-state index contributed by atoms with van der Waals surface area (Å²) in [6.07, 6.45) is 1.72. The summed E-state index contributed by atoms with van der Waals surface area (Å²) < 4.78 is 13.8. The lowest BCUT2D eigenvalue weighted by Gasteiger charge is -2.48. The van der Waals surface area contributed by atoms with E-state index in [-0.39, 0.29) is 17.4 Å². The Balaban J connectivity index is 1.56. The predicted octanol–water partition coefficient (Wildman–Crippen LogP) is 4.43. The first-order valence-electron chi connectivity index (χ1n) is 9.71. The number of anilines is 1. The molecule has 0 saturated heterocycles. The van der Waals surface area contributed by atoms with Crippen molar-refractivity contribution in [1.29, 1.82) is 0 Å². The second-order valence-corrected chi connectivity index (χ2v) is 9.21. The monoisotopic (exact) mass is 408 g/mol. The van der Waals surface area contributed by atoms with Gasteiger partial charge in [-0.1, -0.05) is 19.9 Å². The number of nitrogens with one attached hydrogen (secondary N) is 1. The number of rotatable bonds is 3. The van der Waals surface area contributed by atoms with E-state index in [2.05, 4.69) is 47.6 Å². The molecule has 0 radical (unpaired) electrons. The topological polar surface area (TPSA) is 61.2 Å². The maximum absolute atomic E-state index is 6.17. The van der Waals surface area contributed by atoms with Gasteiger partial charge in [-0.2, -0.15) is 0 Å². The molecule has 5 rings (SSSR count). The SMILES string of the molecule is COc1cccc2c1[C@H]1Nc3ccc(Sc4nncn4C)cc3C(C)(C)[C@H]1CO2. The molecule has 2 aromatic carbocycles. The van der Waals surface area contributed by atoms with E-state index in [0.29, 0.717) is 6.61 Å². The number of ether oxygens (including phenoxy) is 2. The molecule has 6 nitrogen and oxygen atoms in total. The van der Waals surface area contributed by atoms with Gasteiger partial charge in [0, 0.05) is 29.0 Å². The molecule has 1 aromatic heterocycles.